The Morgan fingerprint density at radius 3 is 1.06 bits per heavy atom. The van der Waals surface area contributed by atoms with Crippen molar-refractivity contribution in [2.75, 3.05) is 0 Å². The summed E-state index contributed by atoms with van der Waals surface area (Å²) in [5.74, 6) is 0. The molecule has 0 spiro atoms. The fraction of sp³-hybridized carbons (Fsp3) is 0. The zero-order valence-electron chi connectivity index (χ0n) is 36.1. The third-order valence-electron chi connectivity index (χ3n) is 14.4. The summed E-state index contributed by atoms with van der Waals surface area (Å²) in [6.45, 7) is 0. The molecule has 14 aromatic rings. The molecular formula is C66H40. The van der Waals surface area contributed by atoms with E-state index in [1.807, 2.05) is 0 Å². The summed E-state index contributed by atoms with van der Waals surface area (Å²) in [5.41, 5.74) is 12.4. The Bertz CT molecular complexity index is 4130. The Balaban J connectivity index is 0.985. The maximum absolute atomic E-state index is 2.40. The zero-order valence-corrected chi connectivity index (χ0v) is 36.1. The lowest BCUT2D eigenvalue weighted by molar-refractivity contribution is 1.62. The van der Waals surface area contributed by atoms with Crippen LogP contribution in [0.3, 0.4) is 0 Å². The minimum atomic E-state index is 1.21. The largest absolute Gasteiger partial charge is 0.0622 e. The van der Waals surface area contributed by atoms with Gasteiger partial charge in [-0.05, 0) is 148 Å². The van der Waals surface area contributed by atoms with E-state index in [0.717, 1.165) is 0 Å². The van der Waals surface area contributed by atoms with Crippen LogP contribution in [0, 0.1) is 0 Å². The van der Waals surface area contributed by atoms with Crippen molar-refractivity contribution in [3.05, 3.63) is 243 Å². The van der Waals surface area contributed by atoms with Gasteiger partial charge in [0.05, 0.1) is 0 Å². The summed E-state index contributed by atoms with van der Waals surface area (Å²) in [6.07, 6.45) is 0. The monoisotopic (exact) mass is 832 g/mol. The lowest BCUT2D eigenvalue weighted by Gasteiger charge is -2.21. The van der Waals surface area contributed by atoms with E-state index in [1.54, 1.807) is 0 Å². The second-order valence-corrected chi connectivity index (χ2v) is 17.8. The first-order chi connectivity index (χ1) is 32.8. The molecule has 14 aromatic carbocycles. The van der Waals surface area contributed by atoms with Gasteiger partial charge in [0.15, 0.2) is 0 Å². The normalized spacial score (nSPS) is 11.9. The number of benzene rings is 14. The SMILES string of the molecule is c1ccc(-c2ccc3c(-c4ccc(-c5c6ccccc6c(-c6ccc7c8cccc9cccc(c%10cccc6c%107)c98)c6ccccc56)cc4)c4ccccc4c(-c4ccccc4)c3c2)cc1. The standard InChI is InChI=1S/C66H40/c1-3-16-41(17-4-1)46-36-37-59-60(40-46)64(42-18-5-2-6-19-42)48-23-8-7-22-47(48)63(59)45-34-32-44(33-35-45)62-49-24-9-11-26-53(49)65(54-27-12-10-25-50(54)62)58-39-38-57-52-29-14-21-43-20-13-28-51(61(43)52)55-30-15-31-56(58)66(55)57/h1-40H. The van der Waals surface area contributed by atoms with Gasteiger partial charge in [-0.2, -0.15) is 0 Å². The van der Waals surface area contributed by atoms with Crippen molar-refractivity contribution in [1.82, 2.24) is 0 Å². The van der Waals surface area contributed by atoms with E-state index in [0.29, 0.717) is 0 Å². The first-order valence-corrected chi connectivity index (χ1v) is 23.0. The molecule has 0 radical (unpaired) electrons. The number of fused-ring (bicyclic) bond motifs is 6. The second kappa shape index (κ2) is 14.5. The fourth-order valence-electron chi connectivity index (χ4n) is 11.6. The Morgan fingerprint density at radius 2 is 0.515 bits per heavy atom. The van der Waals surface area contributed by atoms with Crippen molar-refractivity contribution in [1.29, 1.82) is 0 Å². The predicted molar refractivity (Wildman–Crippen MR) is 285 cm³/mol. The zero-order chi connectivity index (χ0) is 43.3. The van der Waals surface area contributed by atoms with Gasteiger partial charge >= 0.3 is 0 Å². The van der Waals surface area contributed by atoms with Crippen LogP contribution < -0.4 is 0 Å². The highest BCUT2D eigenvalue weighted by Gasteiger charge is 2.22. The molecular weight excluding hydrogens is 793 g/mol. The molecule has 0 bridgehead atoms. The van der Waals surface area contributed by atoms with Crippen LogP contribution in [-0.2, 0) is 0 Å². The molecule has 0 aliphatic rings. The smallest absolute Gasteiger partial charge is 0.00201 e. The van der Waals surface area contributed by atoms with E-state index >= 15 is 0 Å². The van der Waals surface area contributed by atoms with Gasteiger partial charge in [-0.1, -0.05) is 237 Å². The van der Waals surface area contributed by atoms with Crippen LogP contribution in [0.4, 0.5) is 0 Å². The van der Waals surface area contributed by atoms with Crippen LogP contribution in [0.25, 0.3) is 142 Å². The Morgan fingerprint density at radius 1 is 0.167 bits per heavy atom. The van der Waals surface area contributed by atoms with E-state index in [1.165, 1.54) is 142 Å². The molecule has 0 aliphatic carbocycles. The molecule has 0 amide bonds. The first-order valence-electron chi connectivity index (χ1n) is 23.0. The number of hydrogen-bond donors (Lipinski definition) is 0. The molecule has 0 aromatic heterocycles. The predicted octanol–water partition coefficient (Wildman–Crippen LogP) is 18.7. The van der Waals surface area contributed by atoms with Crippen molar-refractivity contribution in [2.45, 2.75) is 0 Å². The highest BCUT2D eigenvalue weighted by Crippen LogP contribution is 2.50. The summed E-state index contributed by atoms with van der Waals surface area (Å²) in [4.78, 5) is 0. The average Bonchev–Trinajstić information content (AvgIpc) is 3.39. The van der Waals surface area contributed by atoms with E-state index in [-0.39, 0.29) is 0 Å². The highest BCUT2D eigenvalue weighted by molar-refractivity contribution is 6.35. The molecule has 0 heterocycles. The van der Waals surface area contributed by atoms with E-state index in [9.17, 15) is 0 Å². The van der Waals surface area contributed by atoms with Crippen LogP contribution in [0.15, 0.2) is 243 Å². The highest BCUT2D eigenvalue weighted by atomic mass is 14.2. The minimum absolute atomic E-state index is 1.21. The van der Waals surface area contributed by atoms with Crippen molar-refractivity contribution in [2.24, 2.45) is 0 Å². The van der Waals surface area contributed by atoms with Crippen LogP contribution in [-0.4, -0.2) is 0 Å². The lowest BCUT2D eigenvalue weighted by atomic mass is 9.82. The topological polar surface area (TPSA) is 0 Å². The second-order valence-electron chi connectivity index (χ2n) is 17.8. The molecule has 0 fully saturated rings. The van der Waals surface area contributed by atoms with Gasteiger partial charge in [0, 0.05) is 0 Å². The van der Waals surface area contributed by atoms with Crippen LogP contribution >= 0.6 is 0 Å². The maximum atomic E-state index is 2.40. The quantitative estimate of drug-likeness (QED) is 0.120. The third-order valence-corrected chi connectivity index (χ3v) is 14.4. The van der Waals surface area contributed by atoms with Crippen molar-refractivity contribution < 1.29 is 0 Å². The number of rotatable bonds is 5. The summed E-state index contributed by atoms with van der Waals surface area (Å²) in [5, 5.41) is 20.6. The molecule has 0 saturated carbocycles. The van der Waals surface area contributed by atoms with Gasteiger partial charge in [0.25, 0.3) is 0 Å². The molecule has 14 rings (SSSR count). The minimum Gasteiger partial charge on any atom is -0.0622 e. The molecule has 66 heavy (non-hydrogen) atoms. The summed E-state index contributed by atoms with van der Waals surface area (Å²) >= 11 is 0. The van der Waals surface area contributed by atoms with Crippen LogP contribution in [0.2, 0.25) is 0 Å². The molecule has 0 aliphatic heterocycles. The van der Waals surface area contributed by atoms with Gasteiger partial charge < -0.3 is 0 Å². The third kappa shape index (κ3) is 5.39. The van der Waals surface area contributed by atoms with Gasteiger partial charge in [0.2, 0.25) is 0 Å². The van der Waals surface area contributed by atoms with Crippen LogP contribution in [0.1, 0.15) is 0 Å². The van der Waals surface area contributed by atoms with Gasteiger partial charge in [-0.3, -0.25) is 0 Å². The number of hydrogen-bond acceptors (Lipinski definition) is 0. The molecule has 0 saturated heterocycles. The van der Waals surface area contributed by atoms with E-state index < -0.39 is 0 Å². The van der Waals surface area contributed by atoms with Crippen molar-refractivity contribution in [3.63, 3.8) is 0 Å². The van der Waals surface area contributed by atoms with Gasteiger partial charge in [0.1, 0.15) is 0 Å². The Hall–Kier alpha value is -8.58. The van der Waals surface area contributed by atoms with Gasteiger partial charge in [-0.25, -0.2) is 0 Å². The first kappa shape index (κ1) is 36.9. The van der Waals surface area contributed by atoms with E-state index in [2.05, 4.69) is 243 Å². The molecule has 0 N–H and O–H groups in total. The Kier molecular flexibility index (Phi) is 8.08. The molecule has 0 heteroatoms. The molecule has 304 valence electrons. The van der Waals surface area contributed by atoms with Crippen LogP contribution in [0.5, 0.6) is 0 Å². The van der Waals surface area contributed by atoms with Gasteiger partial charge in [-0.15, -0.1) is 0 Å². The maximum Gasteiger partial charge on any atom is -0.00201 e. The summed E-state index contributed by atoms with van der Waals surface area (Å²) in [6, 6.07) is 90.3. The Labute approximate surface area is 382 Å². The fourth-order valence-corrected chi connectivity index (χ4v) is 11.6. The molecule has 0 atom stereocenters. The molecule has 0 nitrogen and oxygen atoms in total. The van der Waals surface area contributed by atoms with E-state index in [4.69, 9.17) is 0 Å². The summed E-state index contributed by atoms with van der Waals surface area (Å²) in [7, 11) is 0. The lowest BCUT2D eigenvalue weighted by Crippen LogP contribution is -1.93. The van der Waals surface area contributed by atoms with Crippen molar-refractivity contribution in [3.8, 4) is 55.6 Å². The molecule has 0 unspecified atom stereocenters. The average molecular weight is 833 g/mol. The van der Waals surface area contributed by atoms with Crippen molar-refractivity contribution >= 4 is 86.2 Å². The summed E-state index contributed by atoms with van der Waals surface area (Å²) < 4.78 is 0.